The molecule has 0 aliphatic rings. The number of amides is 1. The third-order valence-electron chi connectivity index (χ3n) is 4.12. The van der Waals surface area contributed by atoms with Crippen LogP contribution in [0.25, 0.3) is 22.7 Å². The van der Waals surface area contributed by atoms with E-state index in [1.807, 2.05) is 42.5 Å². The topological polar surface area (TPSA) is 77.2 Å². The number of aromatic nitrogens is 2. The zero-order valence-corrected chi connectivity index (χ0v) is 14.7. The fourth-order valence-electron chi connectivity index (χ4n) is 2.73. The van der Waals surface area contributed by atoms with Gasteiger partial charge in [0.2, 0.25) is 5.89 Å². The zero-order valence-electron chi connectivity index (χ0n) is 14.7. The van der Waals surface area contributed by atoms with Crippen LogP contribution in [-0.2, 0) is 6.54 Å². The molecule has 4 aromatic rings. The molecule has 134 valence electrons. The monoisotopic (exact) mass is 359 g/mol. The number of fused-ring (bicyclic) bond motifs is 1. The molecule has 1 N–H and O–H groups in total. The number of benzene rings is 2. The minimum Gasteiger partial charge on any atom is -0.497 e. The van der Waals surface area contributed by atoms with Crippen LogP contribution in [0, 0.1) is 0 Å². The number of methoxy groups -OCH3 is 1. The van der Waals surface area contributed by atoms with E-state index in [0.717, 1.165) is 11.3 Å². The maximum atomic E-state index is 12.5. The lowest BCUT2D eigenvalue weighted by Gasteiger charge is -2.07. The van der Waals surface area contributed by atoms with Crippen LogP contribution >= 0.6 is 0 Å². The number of carbonyl (C=O) groups excluding carboxylic acids is 1. The summed E-state index contributed by atoms with van der Waals surface area (Å²) in [6, 6.07) is 18.3. The van der Waals surface area contributed by atoms with E-state index in [1.165, 1.54) is 0 Å². The molecule has 2 heterocycles. The molecule has 0 saturated heterocycles. The Morgan fingerprint density at radius 2 is 2.04 bits per heavy atom. The Hall–Kier alpha value is -3.67. The molecule has 2 aromatic heterocycles. The van der Waals surface area contributed by atoms with E-state index in [2.05, 4.69) is 15.3 Å². The van der Waals surface area contributed by atoms with Crippen molar-refractivity contribution in [2.75, 3.05) is 7.11 Å². The molecule has 1 amide bonds. The first-order valence-electron chi connectivity index (χ1n) is 8.46. The first-order valence-corrected chi connectivity index (χ1v) is 8.46. The lowest BCUT2D eigenvalue weighted by molar-refractivity contribution is 0.0951. The average Bonchev–Trinajstić information content (AvgIpc) is 3.16. The smallest absolute Gasteiger partial charge is 0.251 e. The molecule has 0 radical (unpaired) electrons. The van der Waals surface area contributed by atoms with Gasteiger partial charge >= 0.3 is 0 Å². The fourth-order valence-corrected chi connectivity index (χ4v) is 2.73. The predicted octanol–water partition coefficient (Wildman–Crippen LogP) is 3.83. The van der Waals surface area contributed by atoms with Crippen LogP contribution in [0.2, 0.25) is 0 Å². The van der Waals surface area contributed by atoms with Crippen molar-refractivity contribution < 1.29 is 13.9 Å². The minimum atomic E-state index is -0.179. The number of hydrogen-bond donors (Lipinski definition) is 1. The van der Waals surface area contributed by atoms with Crippen molar-refractivity contribution in [2.24, 2.45) is 0 Å². The summed E-state index contributed by atoms with van der Waals surface area (Å²) in [5.74, 6) is 1.01. The molecule has 0 unspecified atom stereocenters. The van der Waals surface area contributed by atoms with Crippen LogP contribution < -0.4 is 10.1 Å². The molecule has 0 atom stereocenters. The van der Waals surface area contributed by atoms with Crippen molar-refractivity contribution in [3.63, 3.8) is 0 Å². The molecule has 0 bridgehead atoms. The Kier molecular flexibility index (Phi) is 4.53. The van der Waals surface area contributed by atoms with Crippen molar-refractivity contribution in [1.29, 1.82) is 0 Å². The second kappa shape index (κ2) is 7.29. The van der Waals surface area contributed by atoms with Gasteiger partial charge in [-0.1, -0.05) is 18.2 Å². The zero-order chi connectivity index (χ0) is 18.6. The summed E-state index contributed by atoms with van der Waals surface area (Å²) in [5, 5.41) is 2.90. The van der Waals surface area contributed by atoms with Crippen molar-refractivity contribution in [1.82, 2.24) is 15.3 Å². The summed E-state index contributed by atoms with van der Waals surface area (Å²) >= 11 is 0. The second-order valence-electron chi connectivity index (χ2n) is 5.95. The van der Waals surface area contributed by atoms with Gasteiger partial charge in [0.1, 0.15) is 17.0 Å². The Morgan fingerprint density at radius 3 is 2.85 bits per heavy atom. The summed E-state index contributed by atoms with van der Waals surface area (Å²) in [6.07, 6.45) is 1.68. The van der Waals surface area contributed by atoms with Crippen molar-refractivity contribution >= 4 is 17.0 Å². The van der Waals surface area contributed by atoms with Gasteiger partial charge in [0.15, 0.2) is 5.58 Å². The predicted molar refractivity (Wildman–Crippen MR) is 101 cm³/mol. The molecule has 0 saturated carbocycles. The van der Waals surface area contributed by atoms with E-state index in [0.29, 0.717) is 34.8 Å². The number of pyridine rings is 1. The number of hydrogen-bond acceptors (Lipinski definition) is 5. The Balaban J connectivity index is 1.52. The van der Waals surface area contributed by atoms with Gasteiger partial charge in [-0.15, -0.1) is 0 Å². The Labute approximate surface area is 155 Å². The standard InChI is InChI=1S/C21H17N3O3/c1-26-16-6-4-5-14(11-16)13-23-20(25)15-8-9-19-18(12-15)24-21(27-19)17-7-2-3-10-22-17/h2-12H,13H2,1H3,(H,23,25). The molecule has 4 rings (SSSR count). The summed E-state index contributed by atoms with van der Waals surface area (Å²) in [6.45, 7) is 0.409. The van der Waals surface area contributed by atoms with Gasteiger partial charge in [-0.3, -0.25) is 9.78 Å². The molecule has 0 spiro atoms. The molecule has 2 aromatic carbocycles. The third kappa shape index (κ3) is 3.64. The van der Waals surface area contributed by atoms with Gasteiger partial charge in [0.25, 0.3) is 5.91 Å². The summed E-state index contributed by atoms with van der Waals surface area (Å²) in [4.78, 5) is 21.2. The molecule has 6 nitrogen and oxygen atoms in total. The maximum Gasteiger partial charge on any atom is 0.251 e. The van der Waals surface area contributed by atoms with Gasteiger partial charge in [0, 0.05) is 18.3 Å². The Morgan fingerprint density at radius 1 is 1.11 bits per heavy atom. The normalized spacial score (nSPS) is 10.7. The molecule has 0 fully saturated rings. The van der Waals surface area contributed by atoms with Gasteiger partial charge in [-0.25, -0.2) is 4.98 Å². The highest BCUT2D eigenvalue weighted by molar-refractivity contribution is 5.97. The molecule has 0 aliphatic heterocycles. The average molecular weight is 359 g/mol. The highest BCUT2D eigenvalue weighted by Crippen LogP contribution is 2.23. The highest BCUT2D eigenvalue weighted by Gasteiger charge is 2.12. The number of nitrogens with one attached hydrogen (secondary N) is 1. The van der Waals surface area contributed by atoms with E-state index in [4.69, 9.17) is 9.15 Å². The minimum absolute atomic E-state index is 0.179. The van der Waals surface area contributed by atoms with Gasteiger partial charge in [-0.05, 0) is 48.0 Å². The van der Waals surface area contributed by atoms with Crippen molar-refractivity contribution in [2.45, 2.75) is 6.54 Å². The Bertz CT molecular complexity index is 1090. The van der Waals surface area contributed by atoms with Gasteiger partial charge < -0.3 is 14.5 Å². The van der Waals surface area contributed by atoms with Crippen LogP contribution in [0.1, 0.15) is 15.9 Å². The molecular weight excluding hydrogens is 342 g/mol. The number of nitrogens with zero attached hydrogens (tertiary/aromatic N) is 2. The van der Waals surface area contributed by atoms with Crippen LogP contribution in [0.5, 0.6) is 5.75 Å². The first kappa shape index (κ1) is 16.8. The van der Waals surface area contributed by atoms with E-state index in [-0.39, 0.29) is 5.91 Å². The van der Waals surface area contributed by atoms with Gasteiger partial charge in [0.05, 0.1) is 7.11 Å². The number of carbonyl (C=O) groups is 1. The quantitative estimate of drug-likeness (QED) is 0.586. The maximum absolute atomic E-state index is 12.5. The van der Waals surface area contributed by atoms with Crippen LogP contribution in [0.3, 0.4) is 0 Å². The molecular formula is C21H17N3O3. The number of oxazole rings is 1. The SMILES string of the molecule is COc1cccc(CNC(=O)c2ccc3oc(-c4ccccn4)nc3c2)c1. The summed E-state index contributed by atoms with van der Waals surface area (Å²) in [5.41, 5.74) is 3.36. The van der Waals surface area contributed by atoms with Crippen molar-refractivity contribution in [3.05, 3.63) is 78.0 Å². The molecule has 0 aliphatic carbocycles. The van der Waals surface area contributed by atoms with Crippen LogP contribution in [0.15, 0.2) is 71.3 Å². The molecule has 27 heavy (non-hydrogen) atoms. The van der Waals surface area contributed by atoms with E-state index >= 15 is 0 Å². The third-order valence-corrected chi connectivity index (χ3v) is 4.12. The van der Waals surface area contributed by atoms with Crippen LogP contribution in [-0.4, -0.2) is 23.0 Å². The number of ether oxygens (including phenoxy) is 1. The summed E-state index contributed by atoms with van der Waals surface area (Å²) in [7, 11) is 1.62. The number of rotatable bonds is 5. The lowest BCUT2D eigenvalue weighted by atomic mass is 10.1. The van der Waals surface area contributed by atoms with E-state index < -0.39 is 0 Å². The highest BCUT2D eigenvalue weighted by atomic mass is 16.5. The molecule has 6 heteroatoms. The fraction of sp³-hybridized carbons (Fsp3) is 0.0952. The van der Waals surface area contributed by atoms with Crippen LogP contribution in [0.4, 0.5) is 0 Å². The van der Waals surface area contributed by atoms with Gasteiger partial charge in [-0.2, -0.15) is 0 Å². The largest absolute Gasteiger partial charge is 0.497 e. The second-order valence-corrected chi connectivity index (χ2v) is 5.95. The lowest BCUT2D eigenvalue weighted by Crippen LogP contribution is -2.22. The van der Waals surface area contributed by atoms with E-state index in [1.54, 1.807) is 31.5 Å². The first-order chi connectivity index (χ1) is 13.2. The van der Waals surface area contributed by atoms with E-state index in [9.17, 15) is 4.79 Å². The van der Waals surface area contributed by atoms with Crippen molar-refractivity contribution in [3.8, 4) is 17.3 Å². The summed E-state index contributed by atoms with van der Waals surface area (Å²) < 4.78 is 10.9.